The summed E-state index contributed by atoms with van der Waals surface area (Å²) in [5.41, 5.74) is 6.22. The predicted molar refractivity (Wildman–Crippen MR) is 70.6 cm³/mol. The van der Waals surface area contributed by atoms with Crippen molar-refractivity contribution in [1.82, 2.24) is 0 Å². The number of hydrogen-bond acceptors (Lipinski definition) is 5. The summed E-state index contributed by atoms with van der Waals surface area (Å²) >= 11 is 0. The Labute approximate surface area is 106 Å². The van der Waals surface area contributed by atoms with Crippen LogP contribution in [0.4, 0.5) is 5.69 Å². The van der Waals surface area contributed by atoms with Gasteiger partial charge in [-0.2, -0.15) is 0 Å². The Balaban J connectivity index is 2.66. The molecule has 0 amide bonds. The second kappa shape index (κ2) is 5.72. The van der Waals surface area contributed by atoms with Gasteiger partial charge in [-0.15, -0.1) is 0 Å². The van der Waals surface area contributed by atoms with Crippen molar-refractivity contribution in [3.63, 3.8) is 0 Å². The van der Waals surface area contributed by atoms with Crippen LogP contribution in [0.1, 0.15) is 6.92 Å². The Kier molecular flexibility index (Phi) is 4.55. The van der Waals surface area contributed by atoms with Gasteiger partial charge < -0.3 is 16.3 Å². The smallest absolute Gasteiger partial charge is 0.175 e. The van der Waals surface area contributed by atoms with Gasteiger partial charge in [-0.25, -0.2) is 8.42 Å². The lowest BCUT2D eigenvalue weighted by atomic mass is 10.1. The predicted octanol–water partition coefficient (Wildman–Crippen LogP) is 0.885. The molecule has 100 valence electrons. The van der Waals surface area contributed by atoms with Crippen LogP contribution in [0.5, 0.6) is 0 Å². The van der Waals surface area contributed by atoms with Gasteiger partial charge in [0.1, 0.15) is 5.84 Å². The Morgan fingerprint density at radius 3 is 2.44 bits per heavy atom. The van der Waals surface area contributed by atoms with Crippen molar-refractivity contribution in [2.24, 2.45) is 16.8 Å². The van der Waals surface area contributed by atoms with E-state index in [0.717, 1.165) is 11.9 Å². The van der Waals surface area contributed by atoms with Crippen molar-refractivity contribution >= 4 is 21.4 Å². The van der Waals surface area contributed by atoms with Crippen molar-refractivity contribution < 1.29 is 13.6 Å². The van der Waals surface area contributed by atoms with Gasteiger partial charge in [0, 0.05) is 24.4 Å². The minimum atomic E-state index is -3.17. The van der Waals surface area contributed by atoms with Crippen LogP contribution >= 0.6 is 0 Å². The van der Waals surface area contributed by atoms with Crippen LogP contribution in [0.3, 0.4) is 0 Å². The van der Waals surface area contributed by atoms with E-state index in [0.29, 0.717) is 6.54 Å². The van der Waals surface area contributed by atoms with E-state index in [-0.39, 0.29) is 16.6 Å². The Morgan fingerprint density at radius 2 is 2.00 bits per heavy atom. The summed E-state index contributed by atoms with van der Waals surface area (Å²) in [5.74, 6) is 0.0276. The maximum Gasteiger partial charge on any atom is 0.175 e. The van der Waals surface area contributed by atoms with Crippen molar-refractivity contribution in [3.05, 3.63) is 24.3 Å². The van der Waals surface area contributed by atoms with E-state index >= 15 is 0 Å². The fraction of sp³-hybridized carbons (Fsp3) is 0.364. The third-order valence-corrected chi connectivity index (χ3v) is 3.64. The van der Waals surface area contributed by atoms with E-state index < -0.39 is 9.84 Å². The molecule has 0 saturated heterocycles. The van der Waals surface area contributed by atoms with Crippen molar-refractivity contribution in [2.75, 3.05) is 18.1 Å². The summed E-state index contributed by atoms with van der Waals surface area (Å²) in [4.78, 5) is 0.275. The summed E-state index contributed by atoms with van der Waals surface area (Å²) in [6.45, 7) is 2.31. The van der Waals surface area contributed by atoms with E-state index in [1.54, 1.807) is 12.1 Å². The molecule has 6 nitrogen and oxygen atoms in total. The molecule has 1 unspecified atom stereocenters. The second-order valence-electron chi connectivity index (χ2n) is 4.10. The molecule has 0 aliphatic rings. The lowest BCUT2D eigenvalue weighted by molar-refractivity contribution is 0.315. The van der Waals surface area contributed by atoms with E-state index in [1.165, 1.54) is 12.1 Å². The average Bonchev–Trinajstić information content (AvgIpc) is 2.34. The monoisotopic (exact) mass is 271 g/mol. The van der Waals surface area contributed by atoms with E-state index in [1.807, 2.05) is 6.92 Å². The molecular formula is C11H17N3O3S. The number of nitrogens with two attached hydrogens (primary N) is 1. The van der Waals surface area contributed by atoms with Crippen molar-refractivity contribution in [3.8, 4) is 0 Å². The first-order valence-corrected chi connectivity index (χ1v) is 7.25. The molecule has 1 atom stereocenters. The van der Waals surface area contributed by atoms with Gasteiger partial charge in [0.15, 0.2) is 9.84 Å². The molecule has 0 aliphatic heterocycles. The van der Waals surface area contributed by atoms with Crippen LogP contribution in [0.25, 0.3) is 0 Å². The molecular weight excluding hydrogens is 254 g/mol. The molecule has 0 saturated carbocycles. The largest absolute Gasteiger partial charge is 0.409 e. The molecule has 0 heterocycles. The number of nitrogens with zero attached hydrogens (tertiary/aromatic N) is 1. The molecule has 0 bridgehead atoms. The molecule has 0 aliphatic carbocycles. The molecule has 1 aromatic carbocycles. The van der Waals surface area contributed by atoms with Crippen LogP contribution < -0.4 is 11.1 Å². The molecule has 18 heavy (non-hydrogen) atoms. The number of oxime groups is 1. The summed E-state index contributed by atoms with van der Waals surface area (Å²) in [5, 5.41) is 14.5. The molecule has 1 rings (SSSR count). The SMILES string of the molecule is CC(CNc1ccc(S(C)(=O)=O)cc1)C(N)=NO. The number of hydrogen-bond donors (Lipinski definition) is 3. The van der Waals surface area contributed by atoms with Gasteiger partial charge in [0.05, 0.1) is 4.90 Å². The summed E-state index contributed by atoms with van der Waals surface area (Å²) in [7, 11) is -3.17. The Hall–Kier alpha value is -1.76. The highest BCUT2D eigenvalue weighted by atomic mass is 32.2. The molecule has 0 fully saturated rings. The first kappa shape index (κ1) is 14.3. The van der Waals surface area contributed by atoms with Crippen LogP contribution in [0.15, 0.2) is 34.3 Å². The van der Waals surface area contributed by atoms with Crippen molar-refractivity contribution in [2.45, 2.75) is 11.8 Å². The molecule has 1 aromatic rings. The fourth-order valence-electron chi connectivity index (χ4n) is 1.29. The minimum absolute atomic E-state index is 0.121. The van der Waals surface area contributed by atoms with Crippen molar-refractivity contribution in [1.29, 1.82) is 0 Å². The Bertz CT molecular complexity index is 523. The highest BCUT2D eigenvalue weighted by molar-refractivity contribution is 7.90. The Morgan fingerprint density at radius 1 is 1.44 bits per heavy atom. The molecule has 7 heteroatoms. The molecule has 0 aromatic heterocycles. The van der Waals surface area contributed by atoms with E-state index in [4.69, 9.17) is 10.9 Å². The summed E-state index contributed by atoms with van der Waals surface area (Å²) < 4.78 is 22.5. The van der Waals surface area contributed by atoms with Gasteiger partial charge in [0.2, 0.25) is 0 Å². The lowest BCUT2D eigenvalue weighted by Crippen LogP contribution is -2.27. The number of nitrogens with one attached hydrogen (secondary N) is 1. The number of rotatable bonds is 5. The number of amidine groups is 1. The summed E-state index contributed by atoms with van der Waals surface area (Å²) in [6.07, 6.45) is 1.16. The lowest BCUT2D eigenvalue weighted by Gasteiger charge is -2.12. The molecule has 0 radical (unpaired) electrons. The maximum atomic E-state index is 11.3. The quantitative estimate of drug-likeness (QED) is 0.319. The third kappa shape index (κ3) is 3.92. The van der Waals surface area contributed by atoms with Gasteiger partial charge in [-0.3, -0.25) is 0 Å². The van der Waals surface area contributed by atoms with E-state index in [9.17, 15) is 8.42 Å². The first-order chi connectivity index (χ1) is 8.34. The molecule has 0 spiro atoms. The van der Waals surface area contributed by atoms with Crippen LogP contribution in [-0.2, 0) is 9.84 Å². The topological polar surface area (TPSA) is 105 Å². The zero-order valence-corrected chi connectivity index (χ0v) is 11.1. The van der Waals surface area contributed by atoms with Gasteiger partial charge in [-0.1, -0.05) is 12.1 Å². The fourth-order valence-corrected chi connectivity index (χ4v) is 1.92. The average molecular weight is 271 g/mol. The zero-order valence-electron chi connectivity index (χ0n) is 10.3. The number of sulfone groups is 1. The van der Waals surface area contributed by atoms with Crippen LogP contribution in [-0.4, -0.2) is 32.3 Å². The first-order valence-electron chi connectivity index (χ1n) is 5.36. The highest BCUT2D eigenvalue weighted by Gasteiger charge is 2.08. The van der Waals surface area contributed by atoms with E-state index in [2.05, 4.69) is 10.5 Å². The van der Waals surface area contributed by atoms with Gasteiger partial charge in [-0.05, 0) is 24.3 Å². The summed E-state index contributed by atoms with van der Waals surface area (Å²) in [6, 6.07) is 6.42. The molecule has 4 N–H and O–H groups in total. The third-order valence-electron chi connectivity index (χ3n) is 2.52. The number of anilines is 1. The van der Waals surface area contributed by atoms with Gasteiger partial charge >= 0.3 is 0 Å². The number of benzene rings is 1. The highest BCUT2D eigenvalue weighted by Crippen LogP contribution is 2.14. The van der Waals surface area contributed by atoms with Crippen LogP contribution in [0.2, 0.25) is 0 Å². The normalized spacial score (nSPS) is 14.2. The van der Waals surface area contributed by atoms with Crippen LogP contribution in [0, 0.1) is 5.92 Å². The maximum absolute atomic E-state index is 11.3. The minimum Gasteiger partial charge on any atom is -0.409 e. The van der Waals surface area contributed by atoms with Gasteiger partial charge in [0.25, 0.3) is 0 Å². The zero-order chi connectivity index (χ0) is 13.8. The second-order valence-corrected chi connectivity index (χ2v) is 6.12. The standard InChI is InChI=1S/C11H17N3O3S/c1-8(11(12)14-15)7-13-9-3-5-10(6-4-9)18(2,16)17/h3-6,8,13,15H,7H2,1-2H3,(H2,12,14).